The van der Waals surface area contributed by atoms with Crippen LogP contribution >= 0.6 is 11.6 Å². The van der Waals surface area contributed by atoms with Crippen LogP contribution in [0.1, 0.15) is 36.0 Å². The minimum atomic E-state index is -0.817. The number of carbonyl (C=O) groups is 2. The molecule has 2 amide bonds. The van der Waals surface area contributed by atoms with Gasteiger partial charge < -0.3 is 15.1 Å². The Hall–Kier alpha value is -2.91. The van der Waals surface area contributed by atoms with Crippen LogP contribution in [0.3, 0.4) is 0 Å². The molecule has 0 bridgehead atoms. The number of non-ortho nitro benzene ring substituents is 1. The highest BCUT2D eigenvalue weighted by molar-refractivity contribution is 6.34. The number of nitro groups is 1. The van der Waals surface area contributed by atoms with Crippen molar-refractivity contribution in [1.82, 2.24) is 15.5 Å². The zero-order valence-electron chi connectivity index (χ0n) is 17.2. The molecule has 0 spiro atoms. The Morgan fingerprint density at radius 1 is 1.27 bits per heavy atom. The van der Waals surface area contributed by atoms with Crippen LogP contribution in [0.2, 0.25) is 5.02 Å². The van der Waals surface area contributed by atoms with Gasteiger partial charge in [0.25, 0.3) is 11.6 Å². The van der Waals surface area contributed by atoms with E-state index in [9.17, 15) is 19.7 Å². The minimum Gasteiger partial charge on any atom is -0.468 e. The third-order valence-electron chi connectivity index (χ3n) is 4.61. The smallest absolute Gasteiger partial charge is 0.270 e. The Balaban J connectivity index is 2.08. The van der Waals surface area contributed by atoms with E-state index in [0.717, 1.165) is 6.07 Å². The van der Waals surface area contributed by atoms with Gasteiger partial charge in [0, 0.05) is 18.7 Å². The lowest BCUT2D eigenvalue weighted by Crippen LogP contribution is -2.51. The van der Waals surface area contributed by atoms with Crippen LogP contribution < -0.4 is 10.6 Å². The topological polar surface area (TPSA) is 118 Å². The van der Waals surface area contributed by atoms with Gasteiger partial charge in [0.15, 0.2) is 0 Å². The third-order valence-corrected chi connectivity index (χ3v) is 4.92. The maximum Gasteiger partial charge on any atom is 0.270 e. The molecule has 2 N–H and O–H groups in total. The molecule has 0 saturated heterocycles. The fourth-order valence-electron chi connectivity index (χ4n) is 2.88. The van der Waals surface area contributed by atoms with E-state index in [-0.39, 0.29) is 40.7 Å². The Morgan fingerprint density at radius 3 is 2.47 bits per heavy atom. The van der Waals surface area contributed by atoms with Gasteiger partial charge in [-0.3, -0.25) is 24.6 Å². The summed E-state index contributed by atoms with van der Waals surface area (Å²) < 4.78 is 5.43. The number of rotatable bonds is 9. The largest absolute Gasteiger partial charge is 0.468 e. The quantitative estimate of drug-likeness (QED) is 0.460. The lowest BCUT2D eigenvalue weighted by Gasteiger charge is -2.26. The van der Waals surface area contributed by atoms with Crippen LogP contribution in [0, 0.1) is 16.0 Å². The summed E-state index contributed by atoms with van der Waals surface area (Å²) in [6.45, 7) is 3.90. The van der Waals surface area contributed by atoms with Crippen LogP contribution in [0.4, 0.5) is 5.69 Å². The Bertz CT molecular complexity index is 899. The molecule has 9 nitrogen and oxygen atoms in total. The van der Waals surface area contributed by atoms with E-state index in [0.29, 0.717) is 5.76 Å². The maximum atomic E-state index is 12.8. The van der Waals surface area contributed by atoms with Crippen molar-refractivity contribution in [3.63, 3.8) is 0 Å². The maximum absolute atomic E-state index is 12.8. The normalized spacial score (nSPS) is 13.2. The molecule has 2 unspecified atom stereocenters. The van der Waals surface area contributed by atoms with Crippen LogP contribution in [0.15, 0.2) is 41.0 Å². The van der Waals surface area contributed by atoms with Gasteiger partial charge in [-0.2, -0.15) is 0 Å². The molecule has 1 aromatic carbocycles. The molecule has 30 heavy (non-hydrogen) atoms. The summed E-state index contributed by atoms with van der Waals surface area (Å²) in [6, 6.07) is 6.18. The number of hydrogen-bond acceptors (Lipinski definition) is 6. The van der Waals surface area contributed by atoms with Crippen molar-refractivity contribution in [1.29, 1.82) is 0 Å². The summed E-state index contributed by atoms with van der Waals surface area (Å²) in [6.07, 6.45) is 1.57. The van der Waals surface area contributed by atoms with Gasteiger partial charge >= 0.3 is 0 Å². The zero-order chi connectivity index (χ0) is 22.4. The number of benzene rings is 1. The summed E-state index contributed by atoms with van der Waals surface area (Å²) in [5.41, 5.74) is -0.162. The molecular formula is C20H25ClN4O5. The second-order valence-corrected chi connectivity index (χ2v) is 7.76. The van der Waals surface area contributed by atoms with Crippen molar-refractivity contribution in [2.75, 3.05) is 20.6 Å². The molecule has 0 aliphatic carbocycles. The highest BCUT2D eigenvalue weighted by Crippen LogP contribution is 2.23. The monoisotopic (exact) mass is 436 g/mol. The summed E-state index contributed by atoms with van der Waals surface area (Å²) in [5, 5.41) is 16.3. The van der Waals surface area contributed by atoms with Crippen molar-refractivity contribution >= 4 is 29.1 Å². The SMILES string of the molecule is CC(C)C(NC(=O)c1ccc([N+](=O)[O-])cc1Cl)C(=O)NCC(c1ccco1)N(C)C. The first-order chi connectivity index (χ1) is 14.1. The van der Waals surface area contributed by atoms with Crippen molar-refractivity contribution in [2.45, 2.75) is 25.9 Å². The summed E-state index contributed by atoms with van der Waals surface area (Å²) in [5.74, 6) is -0.427. The summed E-state index contributed by atoms with van der Waals surface area (Å²) in [7, 11) is 3.75. The molecular weight excluding hydrogens is 412 g/mol. The summed E-state index contributed by atoms with van der Waals surface area (Å²) in [4.78, 5) is 37.6. The average Bonchev–Trinajstić information content (AvgIpc) is 3.19. The molecule has 0 aliphatic rings. The van der Waals surface area contributed by atoms with E-state index in [4.69, 9.17) is 16.0 Å². The fraction of sp³-hybridized carbons (Fsp3) is 0.400. The number of carbonyl (C=O) groups excluding carboxylic acids is 2. The molecule has 1 aromatic heterocycles. The van der Waals surface area contributed by atoms with Gasteiger partial charge in [-0.05, 0) is 38.2 Å². The highest BCUT2D eigenvalue weighted by atomic mass is 35.5. The molecule has 0 radical (unpaired) electrons. The predicted octanol–water partition coefficient (Wildman–Crippen LogP) is 3.01. The van der Waals surface area contributed by atoms with E-state index in [1.807, 2.05) is 25.1 Å². The van der Waals surface area contributed by atoms with E-state index in [2.05, 4.69) is 10.6 Å². The lowest BCUT2D eigenvalue weighted by molar-refractivity contribution is -0.384. The Labute approximate surface area is 179 Å². The second kappa shape index (κ2) is 10.2. The molecule has 2 atom stereocenters. The molecule has 2 rings (SSSR count). The van der Waals surface area contributed by atoms with E-state index < -0.39 is 16.9 Å². The molecule has 2 aromatic rings. The van der Waals surface area contributed by atoms with Crippen LogP contribution in [0.5, 0.6) is 0 Å². The molecule has 0 saturated carbocycles. The number of nitrogens with one attached hydrogen (secondary N) is 2. The number of hydrogen-bond donors (Lipinski definition) is 2. The first-order valence-electron chi connectivity index (χ1n) is 9.34. The number of halogens is 1. The van der Waals surface area contributed by atoms with Crippen molar-refractivity contribution in [3.8, 4) is 0 Å². The Kier molecular flexibility index (Phi) is 7.96. The number of likely N-dealkylation sites (N-methyl/N-ethyl adjacent to an activating group) is 1. The second-order valence-electron chi connectivity index (χ2n) is 7.36. The average molecular weight is 437 g/mol. The molecule has 0 aliphatic heterocycles. The molecule has 0 fully saturated rings. The fourth-order valence-corrected chi connectivity index (χ4v) is 3.14. The number of nitro benzene ring substituents is 1. The lowest BCUT2D eigenvalue weighted by atomic mass is 10.0. The minimum absolute atomic E-state index is 0.0578. The van der Waals surface area contributed by atoms with Crippen molar-refractivity contribution < 1.29 is 18.9 Å². The first-order valence-corrected chi connectivity index (χ1v) is 9.72. The van der Waals surface area contributed by atoms with Gasteiger partial charge in [-0.25, -0.2) is 0 Å². The Morgan fingerprint density at radius 2 is 1.97 bits per heavy atom. The van der Waals surface area contributed by atoms with Gasteiger partial charge in [0.05, 0.1) is 27.8 Å². The van der Waals surface area contributed by atoms with Crippen LogP contribution in [-0.4, -0.2) is 48.3 Å². The van der Waals surface area contributed by atoms with Gasteiger partial charge in [0.1, 0.15) is 11.8 Å². The number of amides is 2. The van der Waals surface area contributed by atoms with Crippen molar-refractivity contribution in [3.05, 3.63) is 63.1 Å². The number of furan rings is 1. The van der Waals surface area contributed by atoms with Gasteiger partial charge in [0.2, 0.25) is 5.91 Å². The molecule has 1 heterocycles. The predicted molar refractivity (Wildman–Crippen MR) is 112 cm³/mol. The first kappa shape index (κ1) is 23.4. The van der Waals surface area contributed by atoms with Gasteiger partial charge in [-0.1, -0.05) is 25.4 Å². The zero-order valence-corrected chi connectivity index (χ0v) is 18.0. The summed E-state index contributed by atoms with van der Waals surface area (Å²) >= 11 is 6.02. The van der Waals surface area contributed by atoms with E-state index in [1.165, 1.54) is 12.1 Å². The standard InChI is InChI=1S/C20H25ClN4O5/c1-12(2)18(20(27)22-11-16(24(3)4)17-6-5-9-30-17)23-19(26)14-8-7-13(25(28)29)10-15(14)21/h5-10,12,16,18H,11H2,1-4H3,(H,22,27)(H,23,26). The highest BCUT2D eigenvalue weighted by Gasteiger charge is 2.27. The molecule has 10 heteroatoms. The van der Waals surface area contributed by atoms with E-state index >= 15 is 0 Å². The van der Waals surface area contributed by atoms with Crippen LogP contribution in [0.25, 0.3) is 0 Å². The van der Waals surface area contributed by atoms with E-state index in [1.54, 1.807) is 26.2 Å². The molecule has 162 valence electrons. The number of nitrogens with zero attached hydrogens (tertiary/aromatic N) is 2. The van der Waals surface area contributed by atoms with Gasteiger partial charge in [-0.15, -0.1) is 0 Å². The van der Waals surface area contributed by atoms with Crippen molar-refractivity contribution in [2.24, 2.45) is 5.92 Å². The van der Waals surface area contributed by atoms with Crippen LogP contribution in [-0.2, 0) is 4.79 Å². The third kappa shape index (κ3) is 5.80.